The molecule has 4 N–H and O–H groups in total. The van der Waals surface area contributed by atoms with Gasteiger partial charge in [0.15, 0.2) is 0 Å². The summed E-state index contributed by atoms with van der Waals surface area (Å²) in [6.07, 6.45) is 0.609. The van der Waals surface area contributed by atoms with Gasteiger partial charge < -0.3 is 30.6 Å². The zero-order valence-electron chi connectivity index (χ0n) is 21.3. The van der Waals surface area contributed by atoms with E-state index in [0.29, 0.717) is 49.8 Å². The molecule has 0 bridgehead atoms. The Morgan fingerprint density at radius 1 is 0.861 bits per heavy atom. The van der Waals surface area contributed by atoms with Crippen LogP contribution in [0.1, 0.15) is 35.3 Å². The van der Waals surface area contributed by atoms with E-state index in [-0.39, 0.29) is 18.0 Å². The van der Waals surface area contributed by atoms with Gasteiger partial charge in [-0.15, -0.1) is 0 Å². The van der Waals surface area contributed by atoms with E-state index in [0.717, 1.165) is 16.9 Å². The summed E-state index contributed by atoms with van der Waals surface area (Å²) >= 11 is 0. The average molecular weight is 492 g/mol. The second kappa shape index (κ2) is 14.1. The van der Waals surface area contributed by atoms with Crippen LogP contribution < -0.4 is 30.6 Å². The van der Waals surface area contributed by atoms with Crippen molar-refractivity contribution in [1.82, 2.24) is 10.6 Å². The maximum atomic E-state index is 13.3. The predicted molar refractivity (Wildman–Crippen MR) is 143 cm³/mol. The molecule has 192 valence electrons. The Labute approximate surface area is 214 Å². The SMILES string of the molecule is CCOc1cc(OCC)cc(C(=O)N[C@@H](Cc2ccccc2)C(N)CNCc2cccc(OC)c2)c1. The van der Waals surface area contributed by atoms with Crippen molar-refractivity contribution in [2.45, 2.75) is 38.9 Å². The molecule has 0 fully saturated rings. The molecule has 7 nitrogen and oxygen atoms in total. The largest absolute Gasteiger partial charge is 0.497 e. The number of methoxy groups -OCH3 is 1. The second-order valence-electron chi connectivity index (χ2n) is 8.48. The molecule has 0 aliphatic heterocycles. The number of carbonyl (C=O) groups is 1. The molecule has 1 amide bonds. The predicted octanol–water partition coefficient (Wildman–Crippen LogP) is 3.95. The molecule has 7 heteroatoms. The van der Waals surface area contributed by atoms with E-state index >= 15 is 0 Å². The molecule has 0 heterocycles. The van der Waals surface area contributed by atoms with Gasteiger partial charge in [-0.3, -0.25) is 4.79 Å². The Hall–Kier alpha value is -3.55. The van der Waals surface area contributed by atoms with E-state index in [2.05, 4.69) is 10.6 Å². The van der Waals surface area contributed by atoms with E-state index in [1.165, 1.54) is 0 Å². The highest BCUT2D eigenvalue weighted by Crippen LogP contribution is 2.23. The number of nitrogens with two attached hydrogens (primary N) is 1. The number of hydrogen-bond acceptors (Lipinski definition) is 6. The second-order valence-corrected chi connectivity index (χ2v) is 8.48. The molecule has 1 unspecified atom stereocenters. The monoisotopic (exact) mass is 491 g/mol. The van der Waals surface area contributed by atoms with E-state index in [4.69, 9.17) is 19.9 Å². The molecular formula is C29H37N3O4. The molecule has 2 atom stereocenters. The topological polar surface area (TPSA) is 94.8 Å². The van der Waals surface area contributed by atoms with Crippen molar-refractivity contribution >= 4 is 5.91 Å². The van der Waals surface area contributed by atoms with Crippen molar-refractivity contribution in [2.75, 3.05) is 26.9 Å². The van der Waals surface area contributed by atoms with Crippen molar-refractivity contribution in [2.24, 2.45) is 5.73 Å². The van der Waals surface area contributed by atoms with Crippen molar-refractivity contribution in [3.05, 3.63) is 89.5 Å². The zero-order chi connectivity index (χ0) is 25.8. The standard InChI is InChI=1S/C29H37N3O4/c1-4-35-25-16-23(17-26(18-25)36-5-2)29(33)32-28(15-21-10-7-6-8-11-21)27(30)20-31-19-22-12-9-13-24(14-22)34-3/h6-14,16-18,27-28,31H,4-5,15,19-20,30H2,1-3H3,(H,32,33)/t27?,28-/m0/s1. The summed E-state index contributed by atoms with van der Waals surface area (Å²) in [6.45, 7) is 5.97. The number of ether oxygens (including phenoxy) is 3. The number of hydrogen-bond donors (Lipinski definition) is 3. The van der Waals surface area contributed by atoms with Crippen molar-refractivity contribution in [3.63, 3.8) is 0 Å². The molecule has 0 spiro atoms. The van der Waals surface area contributed by atoms with Crippen LogP contribution in [0.5, 0.6) is 17.2 Å². The number of nitrogens with one attached hydrogen (secondary N) is 2. The highest BCUT2D eigenvalue weighted by molar-refractivity contribution is 5.95. The fourth-order valence-corrected chi connectivity index (χ4v) is 3.94. The molecule has 0 saturated heterocycles. The summed E-state index contributed by atoms with van der Waals surface area (Å²) in [6, 6.07) is 22.6. The third kappa shape index (κ3) is 8.29. The van der Waals surface area contributed by atoms with Crippen LogP contribution in [-0.4, -0.2) is 44.9 Å². The highest BCUT2D eigenvalue weighted by Gasteiger charge is 2.22. The molecule has 0 aliphatic carbocycles. The minimum Gasteiger partial charge on any atom is -0.497 e. The van der Waals surface area contributed by atoms with Gasteiger partial charge in [-0.2, -0.15) is 0 Å². The van der Waals surface area contributed by atoms with Crippen LogP contribution >= 0.6 is 0 Å². The zero-order valence-corrected chi connectivity index (χ0v) is 21.3. The third-order valence-corrected chi connectivity index (χ3v) is 5.74. The van der Waals surface area contributed by atoms with Gasteiger partial charge in [0, 0.05) is 36.8 Å². The van der Waals surface area contributed by atoms with E-state index in [1.54, 1.807) is 25.3 Å². The first-order valence-corrected chi connectivity index (χ1v) is 12.4. The molecule has 0 saturated carbocycles. The smallest absolute Gasteiger partial charge is 0.251 e. The van der Waals surface area contributed by atoms with E-state index < -0.39 is 0 Å². The Kier molecular flexibility index (Phi) is 10.6. The van der Waals surface area contributed by atoms with Crippen molar-refractivity contribution < 1.29 is 19.0 Å². The fraction of sp³-hybridized carbons (Fsp3) is 0.345. The van der Waals surface area contributed by atoms with Crippen LogP contribution in [0, 0.1) is 0 Å². The molecule has 36 heavy (non-hydrogen) atoms. The summed E-state index contributed by atoms with van der Waals surface area (Å²) in [7, 11) is 1.65. The molecule has 0 aliphatic rings. The Bertz CT molecular complexity index is 1070. The lowest BCUT2D eigenvalue weighted by atomic mass is 9.99. The van der Waals surface area contributed by atoms with Gasteiger partial charge in [-0.05, 0) is 55.7 Å². The molecule has 3 rings (SSSR count). The average Bonchev–Trinajstić information content (AvgIpc) is 2.89. The lowest BCUT2D eigenvalue weighted by Crippen LogP contribution is -2.53. The first-order valence-electron chi connectivity index (χ1n) is 12.4. The van der Waals surface area contributed by atoms with Gasteiger partial charge in [0.1, 0.15) is 17.2 Å². The maximum absolute atomic E-state index is 13.3. The minimum atomic E-state index is -0.318. The van der Waals surface area contributed by atoms with Crippen molar-refractivity contribution in [3.8, 4) is 17.2 Å². The van der Waals surface area contributed by atoms with Gasteiger partial charge in [0.05, 0.1) is 20.3 Å². The van der Waals surface area contributed by atoms with Crippen LogP contribution in [0.3, 0.4) is 0 Å². The minimum absolute atomic E-state index is 0.221. The van der Waals surface area contributed by atoms with Crippen molar-refractivity contribution in [1.29, 1.82) is 0 Å². The summed E-state index contributed by atoms with van der Waals surface area (Å²) in [5.41, 5.74) is 9.29. The maximum Gasteiger partial charge on any atom is 0.251 e. The van der Waals surface area contributed by atoms with Gasteiger partial charge in [-0.1, -0.05) is 42.5 Å². The molecule has 0 aromatic heterocycles. The van der Waals surface area contributed by atoms with Gasteiger partial charge >= 0.3 is 0 Å². The Morgan fingerprint density at radius 2 is 1.53 bits per heavy atom. The Balaban J connectivity index is 1.72. The van der Waals surface area contributed by atoms with Gasteiger partial charge in [-0.25, -0.2) is 0 Å². The summed E-state index contributed by atoms with van der Waals surface area (Å²) < 4.78 is 16.6. The normalized spacial score (nSPS) is 12.4. The summed E-state index contributed by atoms with van der Waals surface area (Å²) in [4.78, 5) is 13.3. The van der Waals surface area contributed by atoms with Crippen LogP contribution in [0.4, 0.5) is 0 Å². The van der Waals surface area contributed by atoms with E-state index in [1.807, 2.05) is 68.4 Å². The molecule has 3 aromatic rings. The quantitative estimate of drug-likeness (QED) is 0.316. The van der Waals surface area contributed by atoms with E-state index in [9.17, 15) is 4.79 Å². The first kappa shape index (κ1) is 27.0. The van der Waals surface area contributed by atoms with Crippen LogP contribution in [0.15, 0.2) is 72.8 Å². The van der Waals surface area contributed by atoms with Crippen LogP contribution in [0.25, 0.3) is 0 Å². The number of carbonyl (C=O) groups excluding carboxylic acids is 1. The van der Waals surface area contributed by atoms with Gasteiger partial charge in [0.25, 0.3) is 5.91 Å². The molecule has 3 aromatic carbocycles. The highest BCUT2D eigenvalue weighted by atomic mass is 16.5. The molecular weight excluding hydrogens is 454 g/mol. The third-order valence-electron chi connectivity index (χ3n) is 5.74. The van der Waals surface area contributed by atoms with Crippen LogP contribution in [-0.2, 0) is 13.0 Å². The number of benzene rings is 3. The fourth-order valence-electron chi connectivity index (χ4n) is 3.94. The number of amides is 1. The summed E-state index contributed by atoms with van der Waals surface area (Å²) in [5.74, 6) is 1.78. The lowest BCUT2D eigenvalue weighted by Gasteiger charge is -2.26. The first-order chi connectivity index (χ1) is 17.5. The van der Waals surface area contributed by atoms with Gasteiger partial charge in [0.2, 0.25) is 0 Å². The molecule has 0 radical (unpaired) electrons. The lowest BCUT2D eigenvalue weighted by molar-refractivity contribution is 0.0929. The Morgan fingerprint density at radius 3 is 2.17 bits per heavy atom. The number of rotatable bonds is 14. The van der Waals surface area contributed by atoms with Crippen LogP contribution in [0.2, 0.25) is 0 Å². The summed E-state index contributed by atoms with van der Waals surface area (Å²) in [5, 5.41) is 6.56.